The molecule has 1 aliphatic carbocycles. The van der Waals surface area contributed by atoms with Crippen LogP contribution in [0.5, 0.6) is 0 Å². The standard InChI is InChI=1S/C21H31N3O2S/c1-6-24(18-14-10-7-11-16(18)2)27(25,26)19-15-23(17-12-8-9-13-17)22-20(19)21(3,4)5/h7,10-11,14-15,17H,6,8-9,12-13H2,1-5H3. The fraction of sp³-hybridized carbons (Fsp3) is 0.571. The SMILES string of the molecule is CCN(c1ccccc1C)S(=O)(=O)c1cn(C2CCCC2)nc1C(C)(C)C. The molecular formula is C21H31N3O2S. The van der Waals surface area contributed by atoms with Gasteiger partial charge in [-0.25, -0.2) is 8.42 Å². The summed E-state index contributed by atoms with van der Waals surface area (Å²) in [5, 5.41) is 4.77. The van der Waals surface area contributed by atoms with Gasteiger partial charge in [0.25, 0.3) is 10.0 Å². The summed E-state index contributed by atoms with van der Waals surface area (Å²) in [6.45, 7) is 10.3. The molecule has 1 aliphatic rings. The Morgan fingerprint density at radius 3 is 2.37 bits per heavy atom. The Hall–Kier alpha value is -1.82. The Bertz CT molecular complexity index is 904. The topological polar surface area (TPSA) is 55.2 Å². The van der Waals surface area contributed by atoms with Crippen molar-refractivity contribution < 1.29 is 8.42 Å². The van der Waals surface area contributed by atoms with Crippen LogP contribution in [0, 0.1) is 6.92 Å². The summed E-state index contributed by atoms with van der Waals surface area (Å²) in [7, 11) is -3.70. The van der Waals surface area contributed by atoms with Gasteiger partial charge in [0.15, 0.2) is 0 Å². The van der Waals surface area contributed by atoms with Crippen LogP contribution >= 0.6 is 0 Å². The molecular weight excluding hydrogens is 358 g/mol. The molecule has 0 bridgehead atoms. The van der Waals surface area contributed by atoms with Gasteiger partial charge in [0, 0.05) is 18.2 Å². The minimum Gasteiger partial charge on any atom is -0.268 e. The highest BCUT2D eigenvalue weighted by Crippen LogP contribution is 2.36. The molecule has 0 atom stereocenters. The smallest absolute Gasteiger partial charge is 0.267 e. The lowest BCUT2D eigenvalue weighted by molar-refractivity contribution is 0.448. The number of aryl methyl sites for hydroxylation is 1. The molecule has 1 fully saturated rings. The molecule has 6 heteroatoms. The quantitative estimate of drug-likeness (QED) is 0.737. The number of benzene rings is 1. The highest BCUT2D eigenvalue weighted by molar-refractivity contribution is 7.92. The van der Waals surface area contributed by atoms with Gasteiger partial charge < -0.3 is 0 Å². The summed E-state index contributed by atoms with van der Waals surface area (Å²) < 4.78 is 30.8. The van der Waals surface area contributed by atoms with Gasteiger partial charge >= 0.3 is 0 Å². The van der Waals surface area contributed by atoms with Gasteiger partial charge in [-0.3, -0.25) is 8.99 Å². The van der Waals surface area contributed by atoms with Crippen molar-refractivity contribution in [3.8, 4) is 0 Å². The maximum atomic E-state index is 13.7. The van der Waals surface area contributed by atoms with E-state index in [0.717, 1.165) is 24.1 Å². The van der Waals surface area contributed by atoms with E-state index >= 15 is 0 Å². The average molecular weight is 390 g/mol. The summed E-state index contributed by atoms with van der Waals surface area (Å²) in [5.74, 6) is 0. The van der Waals surface area contributed by atoms with E-state index in [1.807, 2.05) is 63.6 Å². The minimum absolute atomic E-state index is 0.309. The van der Waals surface area contributed by atoms with Crippen LogP contribution in [0.25, 0.3) is 0 Å². The van der Waals surface area contributed by atoms with Crippen LogP contribution in [0.1, 0.15) is 70.7 Å². The van der Waals surface area contributed by atoms with Crippen molar-refractivity contribution in [2.45, 2.75) is 76.7 Å². The lowest BCUT2D eigenvalue weighted by atomic mass is 9.92. The van der Waals surface area contributed by atoms with E-state index in [0.29, 0.717) is 23.2 Å². The summed E-state index contributed by atoms with van der Waals surface area (Å²) in [6.07, 6.45) is 6.27. The third-order valence-electron chi connectivity index (χ3n) is 5.35. The van der Waals surface area contributed by atoms with Crippen LogP contribution in [0.4, 0.5) is 5.69 Å². The van der Waals surface area contributed by atoms with Gasteiger partial charge in [-0.05, 0) is 38.3 Å². The highest BCUT2D eigenvalue weighted by Gasteiger charge is 2.35. The molecule has 5 nitrogen and oxygen atoms in total. The lowest BCUT2D eigenvalue weighted by Crippen LogP contribution is -2.32. The molecule has 3 rings (SSSR count). The van der Waals surface area contributed by atoms with Crippen LogP contribution in [-0.2, 0) is 15.4 Å². The zero-order chi connectivity index (χ0) is 19.8. The number of hydrogen-bond acceptors (Lipinski definition) is 3. The van der Waals surface area contributed by atoms with Crippen molar-refractivity contribution in [1.82, 2.24) is 9.78 Å². The van der Waals surface area contributed by atoms with Crippen molar-refractivity contribution in [3.63, 3.8) is 0 Å². The molecule has 0 unspecified atom stereocenters. The van der Waals surface area contributed by atoms with E-state index in [1.165, 1.54) is 17.1 Å². The van der Waals surface area contributed by atoms with Crippen LogP contribution < -0.4 is 4.31 Å². The molecule has 148 valence electrons. The summed E-state index contributed by atoms with van der Waals surface area (Å²) in [5.41, 5.74) is 1.98. The van der Waals surface area contributed by atoms with Crippen LogP contribution in [0.15, 0.2) is 35.4 Å². The molecule has 1 heterocycles. The molecule has 1 aromatic heterocycles. The van der Waals surface area contributed by atoms with E-state index in [1.54, 1.807) is 6.20 Å². The Morgan fingerprint density at radius 1 is 1.19 bits per heavy atom. The number of aromatic nitrogens is 2. The van der Waals surface area contributed by atoms with Crippen molar-refractivity contribution in [1.29, 1.82) is 0 Å². The summed E-state index contributed by atoms with van der Waals surface area (Å²) in [4.78, 5) is 0.340. The third kappa shape index (κ3) is 3.77. The Labute approximate surface area is 163 Å². The molecule has 2 aromatic rings. The van der Waals surface area contributed by atoms with Crippen molar-refractivity contribution >= 4 is 15.7 Å². The van der Waals surface area contributed by atoms with Gasteiger partial charge in [-0.1, -0.05) is 51.8 Å². The summed E-state index contributed by atoms with van der Waals surface area (Å²) >= 11 is 0. The first-order valence-corrected chi connectivity index (χ1v) is 11.3. The van der Waals surface area contributed by atoms with E-state index < -0.39 is 10.0 Å². The first-order valence-electron chi connectivity index (χ1n) is 9.84. The zero-order valence-corrected chi connectivity index (χ0v) is 17.9. The van der Waals surface area contributed by atoms with E-state index in [2.05, 4.69) is 0 Å². The second-order valence-electron chi connectivity index (χ2n) is 8.47. The first kappa shape index (κ1) is 19.9. The summed E-state index contributed by atoms with van der Waals surface area (Å²) in [6, 6.07) is 7.93. The van der Waals surface area contributed by atoms with Gasteiger partial charge in [0.2, 0.25) is 0 Å². The van der Waals surface area contributed by atoms with Crippen LogP contribution in [-0.4, -0.2) is 24.7 Å². The van der Waals surface area contributed by atoms with Gasteiger partial charge in [-0.2, -0.15) is 5.10 Å². The monoisotopic (exact) mass is 389 g/mol. The molecule has 0 spiro atoms. The molecule has 27 heavy (non-hydrogen) atoms. The van der Waals surface area contributed by atoms with Crippen LogP contribution in [0.2, 0.25) is 0 Å². The first-order chi connectivity index (χ1) is 12.7. The molecule has 1 aromatic carbocycles. The molecule has 1 saturated carbocycles. The Kier molecular flexibility index (Phi) is 5.39. The van der Waals surface area contributed by atoms with E-state index in [-0.39, 0.29) is 5.41 Å². The number of hydrogen-bond donors (Lipinski definition) is 0. The van der Waals surface area contributed by atoms with Crippen molar-refractivity contribution in [2.75, 3.05) is 10.8 Å². The number of sulfonamides is 1. The maximum Gasteiger partial charge on any atom is 0.267 e. The number of nitrogens with zero attached hydrogens (tertiary/aromatic N) is 3. The fourth-order valence-corrected chi connectivity index (χ4v) is 5.74. The average Bonchev–Trinajstić information content (AvgIpc) is 3.26. The Balaban J connectivity index is 2.13. The molecule has 0 amide bonds. The second kappa shape index (κ2) is 7.30. The molecule has 0 N–H and O–H groups in total. The number of rotatable bonds is 5. The predicted octanol–water partition coefficient (Wildman–Crippen LogP) is 4.82. The van der Waals surface area contributed by atoms with Gasteiger partial charge in [-0.15, -0.1) is 0 Å². The Morgan fingerprint density at radius 2 is 1.81 bits per heavy atom. The molecule has 0 aliphatic heterocycles. The molecule has 0 radical (unpaired) electrons. The third-order valence-corrected chi connectivity index (χ3v) is 7.24. The maximum absolute atomic E-state index is 13.7. The van der Waals surface area contributed by atoms with Gasteiger partial charge in [0.05, 0.1) is 17.4 Å². The second-order valence-corrected chi connectivity index (χ2v) is 10.3. The van der Waals surface area contributed by atoms with Crippen molar-refractivity contribution in [3.05, 3.63) is 41.7 Å². The largest absolute Gasteiger partial charge is 0.268 e. The van der Waals surface area contributed by atoms with Crippen LogP contribution in [0.3, 0.4) is 0 Å². The fourth-order valence-electron chi connectivity index (χ4n) is 3.87. The predicted molar refractivity (Wildman–Crippen MR) is 110 cm³/mol. The molecule has 0 saturated heterocycles. The normalized spacial score (nSPS) is 16.0. The minimum atomic E-state index is -3.70. The lowest BCUT2D eigenvalue weighted by Gasteiger charge is -2.26. The van der Waals surface area contributed by atoms with Crippen molar-refractivity contribution in [2.24, 2.45) is 0 Å². The highest BCUT2D eigenvalue weighted by atomic mass is 32.2. The number of para-hydroxylation sites is 1. The van der Waals surface area contributed by atoms with E-state index in [9.17, 15) is 8.42 Å². The zero-order valence-electron chi connectivity index (χ0n) is 17.1. The number of anilines is 1. The van der Waals surface area contributed by atoms with Gasteiger partial charge in [0.1, 0.15) is 4.90 Å². The van der Waals surface area contributed by atoms with E-state index in [4.69, 9.17) is 5.10 Å².